The molecule has 6 amide bonds. The molecule has 6 N–H and O–H groups in total. The molecule has 2 heterocycles. The number of benzene rings is 4. The van der Waals surface area contributed by atoms with E-state index < -0.39 is 71.0 Å². The normalized spacial score (nSPS) is 16.9. The summed E-state index contributed by atoms with van der Waals surface area (Å²) in [6, 6.07) is 25.3. The van der Waals surface area contributed by atoms with Crippen molar-refractivity contribution in [1.82, 2.24) is 20.4 Å². The number of likely N-dealkylation sites (tertiary alicyclic amines) is 2. The summed E-state index contributed by atoms with van der Waals surface area (Å²) in [5.74, 6) is -6.34. The highest BCUT2D eigenvalue weighted by Gasteiger charge is 2.39. The van der Waals surface area contributed by atoms with Gasteiger partial charge in [-0.05, 0) is 59.4 Å². The molecule has 2 aliphatic heterocycles. The summed E-state index contributed by atoms with van der Waals surface area (Å²) in [6.07, 6.45) is 1.15. The van der Waals surface area contributed by atoms with E-state index in [1.807, 2.05) is 12.1 Å². The number of nitrogens with one attached hydrogen (secondary N) is 2. The average Bonchev–Trinajstić information content (AvgIpc) is 3.79. The topological polar surface area (TPSA) is 219 Å². The quantitative estimate of drug-likeness (QED) is 0.123. The maximum atomic E-state index is 13.1. The lowest BCUT2D eigenvalue weighted by atomic mass is 10.0. The van der Waals surface area contributed by atoms with Crippen molar-refractivity contribution in [2.24, 2.45) is 11.5 Å². The second-order valence-corrected chi connectivity index (χ2v) is 14.4. The van der Waals surface area contributed by atoms with E-state index in [-0.39, 0.29) is 63.4 Å². The number of amides is 6. The van der Waals surface area contributed by atoms with Gasteiger partial charge in [0.15, 0.2) is 0 Å². The predicted octanol–water partition coefficient (Wildman–Crippen LogP) is 2.20. The number of carbonyl (C=O) groups is 8. The zero-order valence-electron chi connectivity index (χ0n) is 32.4. The number of hydrogen-bond donors (Lipinski definition) is 4. The Morgan fingerprint density at radius 2 is 0.867 bits per heavy atom. The fourth-order valence-electron chi connectivity index (χ4n) is 6.98. The van der Waals surface area contributed by atoms with Gasteiger partial charge in [-0.15, -0.1) is 0 Å². The van der Waals surface area contributed by atoms with Crippen LogP contribution in [0.5, 0.6) is 0 Å². The second-order valence-electron chi connectivity index (χ2n) is 14.4. The van der Waals surface area contributed by atoms with Crippen LogP contribution >= 0.6 is 0 Å². The van der Waals surface area contributed by atoms with Gasteiger partial charge in [-0.2, -0.15) is 0 Å². The highest BCUT2D eigenvalue weighted by Crippen LogP contribution is 2.24. The van der Waals surface area contributed by atoms with E-state index >= 15 is 0 Å². The minimum atomic E-state index is -1.14. The molecule has 60 heavy (non-hydrogen) atoms. The first-order chi connectivity index (χ1) is 28.7. The molecule has 3 unspecified atom stereocenters. The Balaban J connectivity index is 0.000000228. The van der Waals surface area contributed by atoms with Crippen molar-refractivity contribution >= 4 is 47.0 Å². The predicted molar refractivity (Wildman–Crippen MR) is 213 cm³/mol. The third-order valence-electron chi connectivity index (χ3n) is 10.1. The third-order valence-corrected chi connectivity index (χ3v) is 10.1. The van der Waals surface area contributed by atoms with Crippen LogP contribution in [0.2, 0.25) is 0 Å². The molecule has 0 aromatic heterocycles. The lowest BCUT2D eigenvalue weighted by Gasteiger charge is -2.26. The Labute approximate surface area is 344 Å². The van der Waals surface area contributed by atoms with Crippen molar-refractivity contribution in [2.45, 2.75) is 75.8 Å². The van der Waals surface area contributed by atoms with Gasteiger partial charge < -0.3 is 31.9 Å². The first-order valence-electron chi connectivity index (χ1n) is 19.1. The van der Waals surface area contributed by atoms with Gasteiger partial charge in [0.25, 0.3) is 11.8 Å². The molecule has 2 aliphatic rings. The van der Waals surface area contributed by atoms with Crippen molar-refractivity contribution < 1.29 is 47.1 Å². The molecule has 4 atom stereocenters. The summed E-state index contributed by atoms with van der Waals surface area (Å²) in [6.45, 7) is 0.286. The number of carbonyl (C=O) groups excluding carboxylic acids is 8. The van der Waals surface area contributed by atoms with Gasteiger partial charge in [0.05, 0.1) is 0 Å². The van der Waals surface area contributed by atoms with Crippen LogP contribution in [0.3, 0.4) is 0 Å². The molecule has 4 aromatic carbocycles. The molecule has 4 aromatic rings. The number of hydrogen-bond acceptors (Lipinski definition) is 8. The molecule has 0 spiro atoms. The summed E-state index contributed by atoms with van der Waals surface area (Å²) in [5.41, 5.74) is 13.2. The number of Topliss-reactive ketones (excluding diaryl/α,β-unsaturated/α-hetero) is 2. The summed E-state index contributed by atoms with van der Waals surface area (Å²) < 4.78 is 26.3. The largest absolute Gasteiger partial charge is 0.363 e. The molecule has 14 nitrogen and oxygen atoms in total. The molecule has 2 saturated heterocycles. The summed E-state index contributed by atoms with van der Waals surface area (Å²) >= 11 is 0. The zero-order chi connectivity index (χ0) is 43.3. The van der Waals surface area contributed by atoms with Crippen molar-refractivity contribution in [3.63, 3.8) is 0 Å². The van der Waals surface area contributed by atoms with Gasteiger partial charge in [0, 0.05) is 38.8 Å². The lowest BCUT2D eigenvalue weighted by Crippen LogP contribution is -2.53. The van der Waals surface area contributed by atoms with E-state index in [0.717, 1.165) is 11.1 Å². The monoisotopic (exact) mass is 822 g/mol. The highest BCUT2D eigenvalue weighted by molar-refractivity contribution is 6.38. The van der Waals surface area contributed by atoms with Crippen LogP contribution in [0.1, 0.15) is 47.9 Å². The molecule has 0 radical (unpaired) electrons. The molecule has 6 rings (SSSR count). The molecule has 0 bridgehead atoms. The fraction of sp³-hybridized carbons (Fsp3) is 0.273. The second kappa shape index (κ2) is 20.5. The van der Waals surface area contributed by atoms with Crippen LogP contribution in [-0.4, -0.2) is 81.0 Å². The van der Waals surface area contributed by atoms with Crippen LogP contribution in [0.4, 0.5) is 8.78 Å². The van der Waals surface area contributed by atoms with E-state index in [1.54, 1.807) is 72.8 Å². The minimum absolute atomic E-state index is 0.104. The molecule has 16 heteroatoms. The molecule has 0 aliphatic carbocycles. The number of nitrogens with two attached hydrogens (primary N) is 2. The van der Waals surface area contributed by atoms with Crippen LogP contribution in [-0.2, 0) is 64.3 Å². The van der Waals surface area contributed by atoms with E-state index in [2.05, 4.69) is 10.6 Å². The Morgan fingerprint density at radius 1 is 0.533 bits per heavy atom. The molecule has 0 saturated carbocycles. The third kappa shape index (κ3) is 12.0. The van der Waals surface area contributed by atoms with E-state index in [1.165, 1.54) is 34.1 Å². The van der Waals surface area contributed by atoms with Crippen molar-refractivity contribution in [3.8, 4) is 0 Å². The van der Waals surface area contributed by atoms with Gasteiger partial charge in [-0.1, -0.05) is 84.9 Å². The van der Waals surface area contributed by atoms with Gasteiger partial charge >= 0.3 is 0 Å². The van der Waals surface area contributed by atoms with Crippen LogP contribution in [0, 0.1) is 11.6 Å². The summed E-state index contributed by atoms with van der Waals surface area (Å²) in [4.78, 5) is 101. The Hall–Kier alpha value is -7.10. The van der Waals surface area contributed by atoms with Crippen LogP contribution in [0.15, 0.2) is 109 Å². The van der Waals surface area contributed by atoms with Crippen molar-refractivity contribution in [2.75, 3.05) is 0 Å². The first kappa shape index (κ1) is 44.0. The van der Waals surface area contributed by atoms with Crippen LogP contribution in [0.25, 0.3) is 0 Å². The van der Waals surface area contributed by atoms with Gasteiger partial charge in [-0.3, -0.25) is 38.4 Å². The first-order valence-corrected chi connectivity index (χ1v) is 19.1. The number of nitrogens with zero attached hydrogens (tertiary/aromatic N) is 2. The molecule has 312 valence electrons. The standard InChI is InChI=1S/2C22H22FN3O4/c2*23-16-8-6-15(7-9-16)13-26-18(10-11-19(26)27)22(30)25-17(20(28)21(24)29)12-14-4-2-1-3-5-14/h2*1-9,17-18H,10-13H2,(H2,24,29)(H,25,30)/t17?,18-;/m1./s1. The molecular formula is C44H44F2N6O8. The maximum absolute atomic E-state index is 13.1. The molecular weight excluding hydrogens is 779 g/mol. The fourth-order valence-corrected chi connectivity index (χ4v) is 6.98. The Kier molecular flexibility index (Phi) is 15.1. The maximum Gasteiger partial charge on any atom is 0.287 e. The number of rotatable bonds is 16. The van der Waals surface area contributed by atoms with Crippen molar-refractivity contribution in [3.05, 3.63) is 143 Å². The number of primary amides is 2. The van der Waals surface area contributed by atoms with Gasteiger partial charge in [-0.25, -0.2) is 8.78 Å². The van der Waals surface area contributed by atoms with E-state index in [0.29, 0.717) is 11.1 Å². The lowest BCUT2D eigenvalue weighted by molar-refractivity contribution is -0.140. The smallest absolute Gasteiger partial charge is 0.287 e. The van der Waals surface area contributed by atoms with Gasteiger partial charge in [0.2, 0.25) is 35.2 Å². The number of halogens is 2. The molecule has 2 fully saturated rings. The van der Waals surface area contributed by atoms with E-state index in [9.17, 15) is 47.1 Å². The van der Waals surface area contributed by atoms with E-state index in [4.69, 9.17) is 11.5 Å². The average molecular weight is 823 g/mol. The van der Waals surface area contributed by atoms with Crippen molar-refractivity contribution in [1.29, 1.82) is 0 Å². The Bertz CT molecular complexity index is 2050. The Morgan fingerprint density at radius 3 is 1.18 bits per heavy atom. The SMILES string of the molecule is NC(=O)C(=O)C(Cc1ccccc1)NC(=O)C1CCC(=O)N1Cc1ccc(F)cc1.NC(=O)C(=O)C(Cc1ccccc1)NC(=O)[C@H]1CCC(=O)N1Cc1ccc(F)cc1. The van der Waals surface area contributed by atoms with Gasteiger partial charge in [0.1, 0.15) is 35.8 Å². The highest BCUT2D eigenvalue weighted by atomic mass is 19.1. The van der Waals surface area contributed by atoms with Crippen LogP contribution < -0.4 is 22.1 Å². The summed E-state index contributed by atoms with van der Waals surface area (Å²) in [5, 5.41) is 5.18. The minimum Gasteiger partial charge on any atom is -0.363 e. The number of ketones is 2. The zero-order valence-corrected chi connectivity index (χ0v) is 32.4. The summed E-state index contributed by atoms with van der Waals surface area (Å²) in [7, 11) is 0.